The third-order valence-electron chi connectivity index (χ3n) is 3.71. The summed E-state index contributed by atoms with van der Waals surface area (Å²) in [6.07, 6.45) is 6.81. The summed E-state index contributed by atoms with van der Waals surface area (Å²) in [5.74, 6) is 0.971. The standard InChI is InChI=1S/C16H18N2O/c1-17-11-18-13-7-8-14-12(10-13)4-2-5-15(14)16-6-3-9-19-16/h2-6,9,11,13H,7-8,10H2,1H3,(H,17,18). The maximum Gasteiger partial charge on any atom is 0.134 e. The molecule has 3 rings (SSSR count). The number of hydrogen-bond acceptors (Lipinski definition) is 2. The average Bonchev–Trinajstić information content (AvgIpc) is 2.98. The van der Waals surface area contributed by atoms with Crippen molar-refractivity contribution in [3.05, 3.63) is 47.7 Å². The van der Waals surface area contributed by atoms with Crippen LogP contribution < -0.4 is 5.32 Å². The van der Waals surface area contributed by atoms with E-state index in [0.717, 1.165) is 25.0 Å². The van der Waals surface area contributed by atoms with Crippen molar-refractivity contribution in [3.8, 4) is 11.3 Å². The van der Waals surface area contributed by atoms with Gasteiger partial charge in [0.05, 0.1) is 12.6 Å². The van der Waals surface area contributed by atoms with Crippen LogP contribution in [-0.4, -0.2) is 19.4 Å². The Morgan fingerprint density at radius 2 is 2.26 bits per heavy atom. The monoisotopic (exact) mass is 254 g/mol. The van der Waals surface area contributed by atoms with Crippen LogP contribution in [0.1, 0.15) is 17.5 Å². The molecule has 1 atom stereocenters. The van der Waals surface area contributed by atoms with Crippen LogP contribution in [0.2, 0.25) is 0 Å². The number of aliphatic imine (C=N–C) groups is 1. The first-order valence-electron chi connectivity index (χ1n) is 6.70. The number of hydrogen-bond donors (Lipinski definition) is 1. The molecule has 2 aromatic rings. The van der Waals surface area contributed by atoms with E-state index >= 15 is 0 Å². The Kier molecular flexibility index (Phi) is 3.36. The first kappa shape index (κ1) is 12.0. The van der Waals surface area contributed by atoms with Gasteiger partial charge in [0.15, 0.2) is 0 Å². The zero-order chi connectivity index (χ0) is 13.1. The second-order valence-corrected chi connectivity index (χ2v) is 4.91. The Hall–Kier alpha value is -2.03. The highest BCUT2D eigenvalue weighted by molar-refractivity contribution is 5.65. The Bertz CT molecular complexity index is 572. The molecule has 0 amide bonds. The Morgan fingerprint density at radius 3 is 3.05 bits per heavy atom. The van der Waals surface area contributed by atoms with Gasteiger partial charge >= 0.3 is 0 Å². The zero-order valence-corrected chi connectivity index (χ0v) is 11.1. The van der Waals surface area contributed by atoms with Crippen molar-refractivity contribution < 1.29 is 4.42 Å². The summed E-state index contributed by atoms with van der Waals surface area (Å²) in [7, 11) is 1.79. The van der Waals surface area contributed by atoms with E-state index in [1.54, 1.807) is 19.6 Å². The van der Waals surface area contributed by atoms with Crippen molar-refractivity contribution in [2.75, 3.05) is 7.05 Å². The summed E-state index contributed by atoms with van der Waals surface area (Å²) in [4.78, 5) is 3.99. The number of rotatable bonds is 3. The largest absolute Gasteiger partial charge is 0.464 e. The van der Waals surface area contributed by atoms with Gasteiger partial charge in [0.1, 0.15) is 5.76 Å². The van der Waals surface area contributed by atoms with Gasteiger partial charge < -0.3 is 9.73 Å². The van der Waals surface area contributed by atoms with Gasteiger partial charge in [-0.3, -0.25) is 4.99 Å². The molecule has 1 heterocycles. The number of furan rings is 1. The van der Waals surface area contributed by atoms with Gasteiger partial charge in [-0.1, -0.05) is 18.2 Å². The molecule has 1 aliphatic rings. The van der Waals surface area contributed by atoms with Crippen molar-refractivity contribution in [2.24, 2.45) is 4.99 Å². The highest BCUT2D eigenvalue weighted by Gasteiger charge is 2.21. The highest BCUT2D eigenvalue weighted by atomic mass is 16.3. The van der Waals surface area contributed by atoms with Crippen molar-refractivity contribution in [3.63, 3.8) is 0 Å². The van der Waals surface area contributed by atoms with Crippen LogP contribution in [-0.2, 0) is 12.8 Å². The molecule has 19 heavy (non-hydrogen) atoms. The van der Waals surface area contributed by atoms with Crippen molar-refractivity contribution in [1.82, 2.24) is 5.32 Å². The molecule has 0 spiro atoms. The van der Waals surface area contributed by atoms with E-state index in [9.17, 15) is 0 Å². The van der Waals surface area contributed by atoms with E-state index in [4.69, 9.17) is 4.42 Å². The van der Waals surface area contributed by atoms with Crippen molar-refractivity contribution >= 4 is 6.34 Å². The van der Waals surface area contributed by atoms with E-state index in [-0.39, 0.29) is 0 Å². The molecule has 0 saturated carbocycles. The molecular formula is C16H18N2O. The average molecular weight is 254 g/mol. The smallest absolute Gasteiger partial charge is 0.134 e. The SMILES string of the molecule is CN=CNC1CCc2c(cccc2-c2ccco2)C1. The van der Waals surface area contributed by atoms with Crippen LogP contribution in [0.25, 0.3) is 11.3 Å². The van der Waals surface area contributed by atoms with Gasteiger partial charge in [0.2, 0.25) is 0 Å². The number of benzene rings is 1. The Balaban J connectivity index is 1.89. The Morgan fingerprint density at radius 1 is 1.32 bits per heavy atom. The van der Waals surface area contributed by atoms with Crippen LogP contribution in [0.3, 0.4) is 0 Å². The molecule has 3 heteroatoms. The molecular weight excluding hydrogens is 236 g/mol. The first-order valence-corrected chi connectivity index (χ1v) is 6.70. The lowest BCUT2D eigenvalue weighted by Gasteiger charge is -2.26. The van der Waals surface area contributed by atoms with E-state index in [1.807, 2.05) is 12.1 Å². The maximum absolute atomic E-state index is 5.54. The minimum Gasteiger partial charge on any atom is -0.464 e. The molecule has 0 aliphatic heterocycles. The van der Waals surface area contributed by atoms with E-state index in [2.05, 4.69) is 28.5 Å². The number of nitrogens with zero attached hydrogens (tertiary/aromatic N) is 1. The fourth-order valence-electron chi connectivity index (χ4n) is 2.79. The molecule has 1 N–H and O–H groups in total. The summed E-state index contributed by atoms with van der Waals surface area (Å²) in [5.41, 5.74) is 4.09. The Labute approximate surface area is 113 Å². The molecule has 1 aromatic heterocycles. The third kappa shape index (κ3) is 2.41. The van der Waals surface area contributed by atoms with Gasteiger partial charge in [0.25, 0.3) is 0 Å². The van der Waals surface area contributed by atoms with Crippen LogP contribution in [0.15, 0.2) is 46.0 Å². The predicted octanol–water partition coefficient (Wildman–Crippen LogP) is 3.05. The number of nitrogens with one attached hydrogen (secondary N) is 1. The van der Waals surface area contributed by atoms with Gasteiger partial charge in [-0.15, -0.1) is 0 Å². The lowest BCUT2D eigenvalue weighted by atomic mass is 9.85. The fourth-order valence-corrected chi connectivity index (χ4v) is 2.79. The predicted molar refractivity (Wildman–Crippen MR) is 77.5 cm³/mol. The molecule has 1 aliphatic carbocycles. The molecule has 0 radical (unpaired) electrons. The fraction of sp³-hybridized carbons (Fsp3) is 0.312. The lowest BCUT2D eigenvalue weighted by Crippen LogP contribution is -2.33. The van der Waals surface area contributed by atoms with Crippen molar-refractivity contribution in [1.29, 1.82) is 0 Å². The molecule has 3 nitrogen and oxygen atoms in total. The van der Waals surface area contributed by atoms with Crippen LogP contribution in [0.5, 0.6) is 0 Å². The third-order valence-corrected chi connectivity index (χ3v) is 3.71. The van der Waals surface area contributed by atoms with E-state index < -0.39 is 0 Å². The van der Waals surface area contributed by atoms with Crippen LogP contribution in [0.4, 0.5) is 0 Å². The minimum absolute atomic E-state index is 0.489. The number of fused-ring (bicyclic) bond motifs is 1. The molecule has 1 unspecified atom stereocenters. The topological polar surface area (TPSA) is 37.5 Å². The van der Waals surface area contributed by atoms with Gasteiger partial charge in [-0.25, -0.2) is 0 Å². The summed E-state index contributed by atoms with van der Waals surface area (Å²) in [6.45, 7) is 0. The van der Waals surface area contributed by atoms with Crippen molar-refractivity contribution in [2.45, 2.75) is 25.3 Å². The second-order valence-electron chi connectivity index (χ2n) is 4.91. The molecule has 98 valence electrons. The lowest BCUT2D eigenvalue weighted by molar-refractivity contribution is 0.531. The van der Waals surface area contributed by atoms with Crippen LogP contribution >= 0.6 is 0 Å². The molecule has 0 bridgehead atoms. The van der Waals surface area contributed by atoms with E-state index in [0.29, 0.717) is 6.04 Å². The van der Waals surface area contributed by atoms with Gasteiger partial charge in [-0.2, -0.15) is 0 Å². The molecule has 1 aromatic carbocycles. The quantitative estimate of drug-likeness (QED) is 0.675. The summed E-state index contributed by atoms with van der Waals surface area (Å²) >= 11 is 0. The minimum atomic E-state index is 0.489. The van der Waals surface area contributed by atoms with Crippen LogP contribution in [0, 0.1) is 0 Å². The summed E-state index contributed by atoms with van der Waals surface area (Å²) < 4.78 is 5.54. The molecule has 0 saturated heterocycles. The second kappa shape index (κ2) is 5.31. The summed E-state index contributed by atoms with van der Waals surface area (Å²) in [6, 6.07) is 11.0. The first-order chi connectivity index (χ1) is 9.38. The van der Waals surface area contributed by atoms with Gasteiger partial charge in [0, 0.05) is 18.7 Å². The molecule has 0 fully saturated rings. The highest BCUT2D eigenvalue weighted by Crippen LogP contribution is 2.31. The maximum atomic E-state index is 5.54. The summed E-state index contributed by atoms with van der Waals surface area (Å²) in [5, 5.41) is 3.35. The van der Waals surface area contributed by atoms with Gasteiger partial charge in [-0.05, 0) is 42.5 Å². The zero-order valence-electron chi connectivity index (χ0n) is 11.1. The van der Waals surface area contributed by atoms with E-state index in [1.165, 1.54) is 16.7 Å². The normalized spacial score (nSPS) is 18.5.